The van der Waals surface area contributed by atoms with Crippen LogP contribution in [0.15, 0.2) is 35.1 Å². The molecule has 2 fully saturated rings. The lowest BCUT2D eigenvalue weighted by Crippen LogP contribution is -2.42. The van der Waals surface area contributed by atoms with Gasteiger partial charge in [0, 0.05) is 10.5 Å². The molecule has 1 amide bonds. The summed E-state index contributed by atoms with van der Waals surface area (Å²) < 4.78 is 2.75. The first kappa shape index (κ1) is 15.8. The zero-order valence-electron chi connectivity index (χ0n) is 13.2. The molecule has 4 rings (SSSR count). The van der Waals surface area contributed by atoms with Crippen molar-refractivity contribution in [3.63, 3.8) is 0 Å². The highest BCUT2D eigenvalue weighted by Gasteiger charge is 2.49. The number of anilines is 1. The summed E-state index contributed by atoms with van der Waals surface area (Å²) >= 11 is 3.46. The van der Waals surface area contributed by atoms with Gasteiger partial charge < -0.3 is 5.73 Å². The molecule has 3 N–H and O–H groups in total. The summed E-state index contributed by atoms with van der Waals surface area (Å²) in [5.74, 6) is 1.15. The molecule has 2 bridgehead atoms. The van der Waals surface area contributed by atoms with E-state index < -0.39 is 0 Å². The first-order chi connectivity index (χ1) is 11.6. The van der Waals surface area contributed by atoms with Crippen LogP contribution in [0.2, 0.25) is 0 Å². The Bertz CT molecular complexity index is 759. The van der Waals surface area contributed by atoms with E-state index in [1.54, 1.807) is 11.0 Å². The zero-order chi connectivity index (χ0) is 16.7. The third-order valence-corrected chi connectivity index (χ3v) is 5.78. The summed E-state index contributed by atoms with van der Waals surface area (Å²) in [5.41, 5.74) is 7.34. The van der Waals surface area contributed by atoms with Crippen molar-refractivity contribution in [2.45, 2.75) is 31.8 Å². The Morgan fingerprint density at radius 1 is 1.38 bits per heavy atom. The second kappa shape index (κ2) is 6.29. The lowest BCUT2D eigenvalue weighted by molar-refractivity contribution is -0.121. The quantitative estimate of drug-likeness (QED) is 0.840. The summed E-state index contributed by atoms with van der Waals surface area (Å²) in [7, 11) is 0. The number of rotatable bonds is 4. The second-order valence-electron chi connectivity index (χ2n) is 6.82. The maximum Gasteiger partial charge on any atom is 0.248 e. The first-order valence-electron chi connectivity index (χ1n) is 8.30. The van der Waals surface area contributed by atoms with E-state index >= 15 is 0 Å². The van der Waals surface area contributed by atoms with E-state index in [9.17, 15) is 4.79 Å². The number of aromatic nitrogens is 3. The lowest BCUT2D eigenvalue weighted by atomic mass is 9.84. The fourth-order valence-electron chi connectivity index (χ4n) is 4.17. The Kier molecular flexibility index (Phi) is 4.14. The average Bonchev–Trinajstić information content (AvgIpc) is 3.23. The number of benzene rings is 1. The molecule has 0 saturated heterocycles. The molecule has 1 heterocycles. The predicted molar refractivity (Wildman–Crippen MR) is 94.2 cm³/mol. The van der Waals surface area contributed by atoms with Crippen molar-refractivity contribution in [2.24, 2.45) is 23.5 Å². The van der Waals surface area contributed by atoms with Crippen molar-refractivity contribution in [1.29, 1.82) is 0 Å². The number of hydrogen-bond acceptors (Lipinski definition) is 4. The Morgan fingerprint density at radius 3 is 2.96 bits per heavy atom. The Hall–Kier alpha value is -1.73. The highest BCUT2D eigenvalue weighted by Crippen LogP contribution is 2.47. The molecule has 4 unspecified atom stereocenters. The van der Waals surface area contributed by atoms with Crippen LogP contribution >= 0.6 is 15.9 Å². The molecule has 126 valence electrons. The van der Waals surface area contributed by atoms with E-state index in [1.165, 1.54) is 0 Å². The summed E-state index contributed by atoms with van der Waals surface area (Å²) in [4.78, 5) is 16.7. The van der Waals surface area contributed by atoms with Gasteiger partial charge in [-0.05, 0) is 48.8 Å². The van der Waals surface area contributed by atoms with Crippen molar-refractivity contribution in [2.75, 3.05) is 5.32 Å². The van der Waals surface area contributed by atoms with Crippen LogP contribution in [0.5, 0.6) is 0 Å². The molecule has 4 atom stereocenters. The number of fused-ring (bicyclic) bond motifs is 2. The highest BCUT2D eigenvalue weighted by atomic mass is 79.9. The van der Waals surface area contributed by atoms with Gasteiger partial charge in [0.1, 0.15) is 6.33 Å². The third-order valence-electron chi connectivity index (χ3n) is 5.29. The largest absolute Gasteiger partial charge is 0.327 e. The average molecular weight is 390 g/mol. The van der Waals surface area contributed by atoms with Gasteiger partial charge in [-0.15, -0.1) is 5.10 Å². The minimum Gasteiger partial charge on any atom is -0.327 e. The zero-order valence-corrected chi connectivity index (χ0v) is 14.8. The van der Waals surface area contributed by atoms with Crippen molar-refractivity contribution in [3.05, 3.63) is 40.6 Å². The van der Waals surface area contributed by atoms with E-state index in [-0.39, 0.29) is 17.9 Å². The van der Waals surface area contributed by atoms with Crippen molar-refractivity contribution >= 4 is 27.8 Å². The first-order valence-corrected chi connectivity index (χ1v) is 9.10. The Balaban J connectivity index is 1.41. The maximum atomic E-state index is 12.5. The molecule has 2 aliphatic rings. The van der Waals surface area contributed by atoms with E-state index in [2.05, 4.69) is 31.3 Å². The van der Waals surface area contributed by atoms with Crippen molar-refractivity contribution < 1.29 is 4.79 Å². The second-order valence-corrected chi connectivity index (χ2v) is 7.74. The minimum atomic E-state index is -0.0965. The Labute approximate surface area is 149 Å². The number of nitrogens with zero attached hydrogens (tertiary/aromatic N) is 3. The van der Waals surface area contributed by atoms with Crippen LogP contribution in [0.1, 0.15) is 24.8 Å². The smallest absolute Gasteiger partial charge is 0.248 e. The number of hydrogen-bond donors (Lipinski definition) is 2. The van der Waals surface area contributed by atoms with Gasteiger partial charge in [-0.25, -0.2) is 9.67 Å². The number of nitrogens with two attached hydrogens (primary N) is 1. The molecule has 0 aliphatic heterocycles. The van der Waals surface area contributed by atoms with Gasteiger partial charge in [-0.1, -0.05) is 28.1 Å². The summed E-state index contributed by atoms with van der Waals surface area (Å²) in [6.45, 7) is 0.607. The minimum absolute atomic E-state index is 0.0208. The Morgan fingerprint density at radius 2 is 2.21 bits per heavy atom. The predicted octanol–water partition coefficient (Wildman–Crippen LogP) is 2.40. The van der Waals surface area contributed by atoms with Crippen LogP contribution in [0, 0.1) is 17.8 Å². The molecular weight excluding hydrogens is 370 g/mol. The molecule has 24 heavy (non-hydrogen) atoms. The van der Waals surface area contributed by atoms with Crippen LogP contribution in [-0.4, -0.2) is 26.7 Å². The molecule has 2 aliphatic carbocycles. The molecule has 2 saturated carbocycles. The van der Waals surface area contributed by atoms with Crippen LogP contribution < -0.4 is 11.1 Å². The normalized spacial score (nSPS) is 28.2. The summed E-state index contributed by atoms with van der Waals surface area (Å²) in [5, 5.41) is 7.20. The topological polar surface area (TPSA) is 85.8 Å². The molecule has 2 aromatic rings. The standard InChI is InChI=1S/C17H20BrN5O/c18-13-3-1-2-10(6-13)8-23-9-20-17(22-23)21-16(24)14-11-4-5-12(7-11)15(14)19/h1-3,6,9,11-12,14-15H,4-5,7-8,19H2,(H,21,22,24). The van der Waals surface area contributed by atoms with Gasteiger partial charge in [0.25, 0.3) is 0 Å². The number of carbonyl (C=O) groups excluding carboxylic acids is 1. The van der Waals surface area contributed by atoms with Gasteiger partial charge >= 0.3 is 0 Å². The lowest BCUT2D eigenvalue weighted by Gasteiger charge is -2.26. The van der Waals surface area contributed by atoms with Gasteiger partial charge in [0.05, 0.1) is 12.5 Å². The molecule has 0 spiro atoms. The van der Waals surface area contributed by atoms with E-state index in [0.29, 0.717) is 24.3 Å². The number of amides is 1. The van der Waals surface area contributed by atoms with Gasteiger partial charge in [-0.2, -0.15) is 0 Å². The SMILES string of the molecule is NC1C2CCC(C2)C1C(=O)Nc1ncn(Cc2cccc(Br)c2)n1. The van der Waals surface area contributed by atoms with E-state index in [1.807, 2.05) is 24.3 Å². The molecule has 0 radical (unpaired) electrons. The summed E-state index contributed by atoms with van der Waals surface area (Å²) in [6.07, 6.45) is 5.00. The molecule has 7 heteroatoms. The number of halogens is 1. The van der Waals surface area contributed by atoms with Crippen LogP contribution in [0.4, 0.5) is 5.95 Å². The fourth-order valence-corrected chi connectivity index (χ4v) is 4.62. The van der Waals surface area contributed by atoms with Crippen LogP contribution in [-0.2, 0) is 11.3 Å². The van der Waals surface area contributed by atoms with E-state index in [4.69, 9.17) is 5.73 Å². The van der Waals surface area contributed by atoms with Crippen molar-refractivity contribution in [1.82, 2.24) is 14.8 Å². The third kappa shape index (κ3) is 2.98. The highest BCUT2D eigenvalue weighted by molar-refractivity contribution is 9.10. The summed E-state index contributed by atoms with van der Waals surface area (Å²) in [6, 6.07) is 8.00. The van der Waals surface area contributed by atoms with E-state index in [0.717, 1.165) is 29.3 Å². The fraction of sp³-hybridized carbons (Fsp3) is 0.471. The van der Waals surface area contributed by atoms with Crippen molar-refractivity contribution in [3.8, 4) is 0 Å². The monoisotopic (exact) mass is 389 g/mol. The van der Waals surface area contributed by atoms with Gasteiger partial charge in [-0.3, -0.25) is 10.1 Å². The molecule has 1 aromatic carbocycles. The van der Waals surface area contributed by atoms with Crippen LogP contribution in [0.3, 0.4) is 0 Å². The van der Waals surface area contributed by atoms with Gasteiger partial charge in [0.2, 0.25) is 11.9 Å². The molecular formula is C17H20BrN5O. The van der Waals surface area contributed by atoms with Crippen LogP contribution in [0.25, 0.3) is 0 Å². The maximum absolute atomic E-state index is 12.5. The number of nitrogens with one attached hydrogen (secondary N) is 1. The number of carbonyl (C=O) groups is 1. The van der Waals surface area contributed by atoms with Gasteiger partial charge in [0.15, 0.2) is 0 Å². The molecule has 6 nitrogen and oxygen atoms in total. The molecule has 1 aromatic heterocycles.